The van der Waals surface area contributed by atoms with Gasteiger partial charge in [0.25, 0.3) is 0 Å². The van der Waals surface area contributed by atoms with Crippen LogP contribution in [-0.2, 0) is 0 Å². The van der Waals surface area contributed by atoms with Gasteiger partial charge in [-0.25, -0.2) is 13.2 Å². The van der Waals surface area contributed by atoms with E-state index in [1.165, 1.54) is 24.3 Å². The molecule has 0 aromatic heterocycles. The number of halogens is 3. The van der Waals surface area contributed by atoms with Gasteiger partial charge < -0.3 is 5.11 Å². The molecule has 0 saturated heterocycles. The maximum Gasteiger partial charge on any atom is 0.166 e. The van der Waals surface area contributed by atoms with Crippen molar-refractivity contribution < 1.29 is 18.3 Å². The molecule has 2 aromatic rings. The van der Waals surface area contributed by atoms with E-state index in [4.69, 9.17) is 5.11 Å². The molecular weight excluding hydrogens is 217 g/mol. The summed E-state index contributed by atoms with van der Waals surface area (Å²) in [4.78, 5) is 0. The second kappa shape index (κ2) is 3.89. The maximum absolute atomic E-state index is 13.4. The van der Waals surface area contributed by atoms with E-state index in [2.05, 4.69) is 0 Å². The molecule has 0 aliphatic heterocycles. The molecule has 0 amide bonds. The number of phenolic OH excluding ortho intramolecular Hbond substituents is 1. The molecule has 4 heteroatoms. The Morgan fingerprint density at radius 1 is 0.812 bits per heavy atom. The first kappa shape index (κ1) is 10.5. The van der Waals surface area contributed by atoms with E-state index in [1.807, 2.05) is 0 Å². The van der Waals surface area contributed by atoms with Crippen LogP contribution in [0.2, 0.25) is 0 Å². The van der Waals surface area contributed by atoms with Gasteiger partial charge >= 0.3 is 0 Å². The van der Waals surface area contributed by atoms with Crippen LogP contribution in [0, 0.1) is 17.5 Å². The largest absolute Gasteiger partial charge is 0.508 e. The molecule has 0 bridgehead atoms. The summed E-state index contributed by atoms with van der Waals surface area (Å²) in [6.45, 7) is 0. The van der Waals surface area contributed by atoms with Crippen LogP contribution in [0.25, 0.3) is 11.1 Å². The van der Waals surface area contributed by atoms with Crippen LogP contribution >= 0.6 is 0 Å². The molecule has 0 unspecified atom stereocenters. The number of hydrogen-bond donors (Lipinski definition) is 1. The lowest BCUT2D eigenvalue weighted by Crippen LogP contribution is -1.91. The van der Waals surface area contributed by atoms with E-state index in [0.29, 0.717) is 0 Å². The molecule has 2 aromatic carbocycles. The Hall–Kier alpha value is -1.97. The zero-order valence-electron chi connectivity index (χ0n) is 8.05. The molecule has 2 rings (SSSR count). The fraction of sp³-hybridized carbons (Fsp3) is 0. The minimum absolute atomic E-state index is 0.0881. The highest BCUT2D eigenvalue weighted by molar-refractivity contribution is 5.65. The average Bonchev–Trinajstić information content (AvgIpc) is 2.23. The van der Waals surface area contributed by atoms with E-state index in [1.54, 1.807) is 0 Å². The predicted molar refractivity (Wildman–Crippen MR) is 53.4 cm³/mol. The molecular formula is C12H7F3O. The first-order chi connectivity index (χ1) is 7.59. The number of hydrogen-bond acceptors (Lipinski definition) is 1. The lowest BCUT2D eigenvalue weighted by molar-refractivity contribution is 0.469. The highest BCUT2D eigenvalue weighted by atomic mass is 19.2. The maximum atomic E-state index is 13.4. The van der Waals surface area contributed by atoms with Crippen LogP contribution in [0.5, 0.6) is 5.75 Å². The second-order valence-corrected chi connectivity index (χ2v) is 3.27. The van der Waals surface area contributed by atoms with Crippen LogP contribution in [-0.4, -0.2) is 5.11 Å². The third-order valence-corrected chi connectivity index (χ3v) is 2.19. The summed E-state index contributed by atoms with van der Waals surface area (Å²) in [6.07, 6.45) is 0. The van der Waals surface area contributed by atoms with E-state index in [9.17, 15) is 13.2 Å². The van der Waals surface area contributed by atoms with Gasteiger partial charge in [0.05, 0.1) is 0 Å². The van der Waals surface area contributed by atoms with Gasteiger partial charge in [-0.05, 0) is 18.2 Å². The summed E-state index contributed by atoms with van der Waals surface area (Å²) in [5.41, 5.74) is -0.257. The fourth-order valence-electron chi connectivity index (χ4n) is 1.43. The predicted octanol–water partition coefficient (Wildman–Crippen LogP) is 3.48. The van der Waals surface area contributed by atoms with Crippen LogP contribution in [0.4, 0.5) is 13.2 Å². The number of benzene rings is 2. The number of aromatic hydroxyl groups is 1. The van der Waals surface area contributed by atoms with Crippen molar-refractivity contribution in [3.05, 3.63) is 53.8 Å². The third-order valence-electron chi connectivity index (χ3n) is 2.19. The average molecular weight is 224 g/mol. The highest BCUT2D eigenvalue weighted by Crippen LogP contribution is 2.28. The zero-order chi connectivity index (χ0) is 11.7. The summed E-state index contributed by atoms with van der Waals surface area (Å²) in [5.74, 6) is -3.21. The summed E-state index contributed by atoms with van der Waals surface area (Å²) in [7, 11) is 0. The minimum Gasteiger partial charge on any atom is -0.508 e. The first-order valence-electron chi connectivity index (χ1n) is 4.52. The van der Waals surface area contributed by atoms with Gasteiger partial charge in [0, 0.05) is 17.2 Å². The third kappa shape index (κ3) is 1.74. The van der Waals surface area contributed by atoms with E-state index in [0.717, 1.165) is 12.1 Å². The van der Waals surface area contributed by atoms with Crippen molar-refractivity contribution in [1.82, 2.24) is 0 Å². The molecule has 0 radical (unpaired) electrons. The van der Waals surface area contributed by atoms with Gasteiger partial charge in [-0.1, -0.05) is 12.1 Å². The molecule has 0 saturated carbocycles. The van der Waals surface area contributed by atoms with Crippen molar-refractivity contribution in [2.45, 2.75) is 0 Å². The molecule has 16 heavy (non-hydrogen) atoms. The number of phenols is 1. The normalized spacial score (nSPS) is 10.4. The molecule has 0 fully saturated rings. The minimum atomic E-state index is -1.10. The molecule has 0 spiro atoms. The molecule has 0 aliphatic carbocycles. The van der Waals surface area contributed by atoms with Gasteiger partial charge in [-0.15, -0.1) is 0 Å². The van der Waals surface area contributed by atoms with E-state index >= 15 is 0 Å². The van der Waals surface area contributed by atoms with Crippen LogP contribution in [0.15, 0.2) is 36.4 Å². The van der Waals surface area contributed by atoms with Crippen LogP contribution < -0.4 is 0 Å². The standard InChI is InChI=1S/C12H7F3O/c13-10-3-1-2-9(12(10)15)8-5-4-7(16)6-11(8)14/h1-6,16H. The smallest absolute Gasteiger partial charge is 0.166 e. The lowest BCUT2D eigenvalue weighted by Gasteiger charge is -2.05. The molecule has 1 nitrogen and oxygen atoms in total. The van der Waals surface area contributed by atoms with Gasteiger partial charge in [-0.2, -0.15) is 0 Å². The van der Waals surface area contributed by atoms with Crippen molar-refractivity contribution in [2.24, 2.45) is 0 Å². The lowest BCUT2D eigenvalue weighted by atomic mass is 10.0. The quantitative estimate of drug-likeness (QED) is 0.786. The van der Waals surface area contributed by atoms with E-state index in [-0.39, 0.29) is 16.9 Å². The highest BCUT2D eigenvalue weighted by Gasteiger charge is 2.13. The van der Waals surface area contributed by atoms with Crippen molar-refractivity contribution in [1.29, 1.82) is 0 Å². The summed E-state index contributed by atoms with van der Waals surface area (Å²) in [5, 5.41) is 9.00. The first-order valence-corrected chi connectivity index (χ1v) is 4.52. The molecule has 0 heterocycles. The van der Waals surface area contributed by atoms with E-state index < -0.39 is 17.5 Å². The number of rotatable bonds is 1. The van der Waals surface area contributed by atoms with Gasteiger partial charge in [0.15, 0.2) is 11.6 Å². The van der Waals surface area contributed by atoms with Crippen molar-refractivity contribution >= 4 is 0 Å². The molecule has 0 atom stereocenters. The summed E-state index contributed by atoms with van der Waals surface area (Å²) < 4.78 is 39.7. The monoisotopic (exact) mass is 224 g/mol. The topological polar surface area (TPSA) is 20.2 Å². The van der Waals surface area contributed by atoms with Crippen molar-refractivity contribution in [3.63, 3.8) is 0 Å². The van der Waals surface area contributed by atoms with Crippen molar-refractivity contribution in [2.75, 3.05) is 0 Å². The van der Waals surface area contributed by atoms with Crippen molar-refractivity contribution in [3.8, 4) is 16.9 Å². The molecule has 82 valence electrons. The fourth-order valence-corrected chi connectivity index (χ4v) is 1.43. The Morgan fingerprint density at radius 3 is 2.25 bits per heavy atom. The Labute approximate surface area is 89.8 Å². The Bertz CT molecular complexity index is 538. The Kier molecular flexibility index (Phi) is 2.56. The molecule has 1 N–H and O–H groups in total. The van der Waals surface area contributed by atoms with Gasteiger partial charge in [0.2, 0.25) is 0 Å². The Balaban J connectivity index is 2.63. The second-order valence-electron chi connectivity index (χ2n) is 3.27. The SMILES string of the molecule is Oc1ccc(-c2cccc(F)c2F)c(F)c1. The zero-order valence-corrected chi connectivity index (χ0v) is 8.05. The summed E-state index contributed by atoms with van der Waals surface area (Å²) >= 11 is 0. The molecule has 0 aliphatic rings. The van der Waals surface area contributed by atoms with Crippen LogP contribution in [0.3, 0.4) is 0 Å². The van der Waals surface area contributed by atoms with Gasteiger partial charge in [0.1, 0.15) is 11.6 Å². The summed E-state index contributed by atoms with van der Waals surface area (Å²) in [6, 6.07) is 6.77. The Morgan fingerprint density at radius 2 is 1.56 bits per heavy atom. The van der Waals surface area contributed by atoms with Gasteiger partial charge in [-0.3, -0.25) is 0 Å². The van der Waals surface area contributed by atoms with Crippen LogP contribution in [0.1, 0.15) is 0 Å².